The van der Waals surface area contributed by atoms with Crippen molar-refractivity contribution in [3.05, 3.63) is 83.7 Å². The summed E-state index contributed by atoms with van der Waals surface area (Å²) in [5, 5.41) is 1.82. The molecule has 0 saturated heterocycles. The highest BCUT2D eigenvalue weighted by Gasteiger charge is 2.44. The molecule has 3 aromatic carbocycles. The van der Waals surface area contributed by atoms with Crippen molar-refractivity contribution in [3.8, 4) is 0 Å². The van der Waals surface area contributed by atoms with E-state index in [0.717, 1.165) is 29.2 Å². The molecule has 0 spiro atoms. The fourth-order valence-corrected chi connectivity index (χ4v) is 4.17. The smallest absolute Gasteiger partial charge is 0.317 e. The first-order valence-electron chi connectivity index (χ1n) is 9.54. The molecule has 4 heteroatoms. The molecule has 28 heavy (non-hydrogen) atoms. The van der Waals surface area contributed by atoms with Gasteiger partial charge in [0.25, 0.3) is 0 Å². The Bertz CT molecular complexity index is 1010. The fraction of sp³-hybridized carbons (Fsp3) is 0.250. The zero-order valence-electron chi connectivity index (χ0n) is 15.5. The Hall–Kier alpha value is -3.01. The second kappa shape index (κ2) is 7.55. The van der Waals surface area contributed by atoms with Crippen LogP contribution in [0, 0.1) is 5.82 Å². The highest BCUT2D eigenvalue weighted by molar-refractivity contribution is 6.09. The maximum atomic E-state index is 13.3. The van der Waals surface area contributed by atoms with Crippen LogP contribution >= 0.6 is 0 Å². The van der Waals surface area contributed by atoms with Gasteiger partial charge in [-0.2, -0.15) is 0 Å². The van der Waals surface area contributed by atoms with Gasteiger partial charge in [0, 0.05) is 5.56 Å². The Morgan fingerprint density at radius 2 is 1.57 bits per heavy atom. The minimum absolute atomic E-state index is 0.225. The molecule has 1 saturated carbocycles. The van der Waals surface area contributed by atoms with Crippen LogP contribution in [0.15, 0.2) is 66.7 Å². The van der Waals surface area contributed by atoms with E-state index >= 15 is 0 Å². The third kappa shape index (κ3) is 3.31. The molecule has 3 aromatic rings. The third-order valence-electron chi connectivity index (χ3n) is 5.67. The molecule has 0 aliphatic heterocycles. The lowest BCUT2D eigenvalue weighted by Crippen LogP contribution is -2.35. The van der Waals surface area contributed by atoms with Crippen molar-refractivity contribution in [3.63, 3.8) is 0 Å². The average Bonchev–Trinajstić information content (AvgIpc) is 3.23. The van der Waals surface area contributed by atoms with Gasteiger partial charge in [-0.05, 0) is 41.3 Å². The number of ether oxygens (including phenoxy) is 1. The lowest BCUT2D eigenvalue weighted by Gasteiger charge is -2.27. The SMILES string of the molecule is O=C(COC(=O)C1(c2ccc(F)cc2)CCCC1)c1cccc2ccccc12. The van der Waals surface area contributed by atoms with Crippen LogP contribution in [0.25, 0.3) is 10.8 Å². The van der Waals surface area contributed by atoms with E-state index in [1.54, 1.807) is 18.2 Å². The normalized spacial score (nSPS) is 15.5. The van der Waals surface area contributed by atoms with Crippen molar-refractivity contribution in [2.45, 2.75) is 31.1 Å². The van der Waals surface area contributed by atoms with E-state index in [1.807, 2.05) is 36.4 Å². The number of rotatable bonds is 5. The molecule has 0 bridgehead atoms. The first-order chi connectivity index (χ1) is 13.6. The predicted molar refractivity (Wildman–Crippen MR) is 106 cm³/mol. The van der Waals surface area contributed by atoms with Gasteiger partial charge >= 0.3 is 5.97 Å². The molecule has 0 amide bonds. The summed E-state index contributed by atoms with van der Waals surface area (Å²) in [4.78, 5) is 25.7. The van der Waals surface area contributed by atoms with Crippen LogP contribution in [-0.2, 0) is 14.9 Å². The molecule has 1 fully saturated rings. The van der Waals surface area contributed by atoms with Crippen LogP contribution in [0.1, 0.15) is 41.6 Å². The molecule has 0 aromatic heterocycles. The Balaban J connectivity index is 1.54. The van der Waals surface area contributed by atoms with E-state index in [4.69, 9.17) is 4.74 Å². The van der Waals surface area contributed by atoms with Crippen molar-refractivity contribution in [1.82, 2.24) is 0 Å². The molecular formula is C24H21FO3. The average molecular weight is 376 g/mol. The molecule has 4 rings (SSSR count). The lowest BCUT2D eigenvalue weighted by atomic mass is 9.79. The van der Waals surface area contributed by atoms with Gasteiger partial charge in [0.2, 0.25) is 5.78 Å². The number of halogens is 1. The molecule has 0 N–H and O–H groups in total. The second-order valence-corrected chi connectivity index (χ2v) is 7.32. The Morgan fingerprint density at radius 3 is 2.32 bits per heavy atom. The summed E-state index contributed by atoms with van der Waals surface area (Å²) in [6.07, 6.45) is 3.12. The summed E-state index contributed by atoms with van der Waals surface area (Å²) in [5.74, 6) is -0.959. The van der Waals surface area contributed by atoms with E-state index in [0.29, 0.717) is 18.4 Å². The van der Waals surface area contributed by atoms with Crippen LogP contribution in [0.2, 0.25) is 0 Å². The van der Waals surface area contributed by atoms with Crippen LogP contribution in [0.4, 0.5) is 4.39 Å². The van der Waals surface area contributed by atoms with Gasteiger partial charge in [-0.1, -0.05) is 67.4 Å². The maximum absolute atomic E-state index is 13.3. The number of carbonyl (C=O) groups excluding carboxylic acids is 2. The van der Waals surface area contributed by atoms with Crippen molar-refractivity contribution in [2.24, 2.45) is 0 Å². The first-order valence-corrected chi connectivity index (χ1v) is 9.54. The van der Waals surface area contributed by atoms with Crippen molar-refractivity contribution < 1.29 is 18.7 Å². The number of fused-ring (bicyclic) bond motifs is 1. The zero-order chi connectivity index (χ0) is 19.6. The van der Waals surface area contributed by atoms with E-state index in [1.165, 1.54) is 12.1 Å². The summed E-state index contributed by atoms with van der Waals surface area (Å²) in [5.41, 5.74) is 0.523. The quantitative estimate of drug-likeness (QED) is 0.453. The predicted octanol–water partition coefficient (Wildman–Crippen LogP) is 5.22. The molecular weight excluding hydrogens is 355 g/mol. The summed E-state index contributed by atoms with van der Waals surface area (Å²) >= 11 is 0. The van der Waals surface area contributed by atoms with Crippen LogP contribution in [0.3, 0.4) is 0 Å². The minimum atomic E-state index is -0.785. The molecule has 0 heterocycles. The number of benzene rings is 3. The molecule has 142 valence electrons. The van der Waals surface area contributed by atoms with E-state index < -0.39 is 11.4 Å². The largest absolute Gasteiger partial charge is 0.457 e. The number of esters is 1. The number of carbonyl (C=O) groups is 2. The minimum Gasteiger partial charge on any atom is -0.457 e. The number of hydrogen-bond donors (Lipinski definition) is 0. The van der Waals surface area contributed by atoms with Gasteiger partial charge < -0.3 is 4.74 Å². The van der Waals surface area contributed by atoms with Gasteiger partial charge in [-0.15, -0.1) is 0 Å². The Kier molecular flexibility index (Phi) is 4.95. The van der Waals surface area contributed by atoms with Crippen molar-refractivity contribution >= 4 is 22.5 Å². The van der Waals surface area contributed by atoms with Gasteiger partial charge in [-0.25, -0.2) is 4.39 Å². The van der Waals surface area contributed by atoms with E-state index in [9.17, 15) is 14.0 Å². The molecule has 1 aliphatic rings. The van der Waals surface area contributed by atoms with Gasteiger partial charge in [-0.3, -0.25) is 9.59 Å². The van der Waals surface area contributed by atoms with Gasteiger partial charge in [0.15, 0.2) is 6.61 Å². The summed E-state index contributed by atoms with van der Waals surface area (Å²) in [6, 6.07) is 19.2. The number of hydrogen-bond acceptors (Lipinski definition) is 3. The topological polar surface area (TPSA) is 43.4 Å². The molecule has 0 unspecified atom stereocenters. The van der Waals surface area contributed by atoms with Gasteiger partial charge in [0.1, 0.15) is 5.82 Å². The number of ketones is 1. The van der Waals surface area contributed by atoms with Crippen molar-refractivity contribution in [2.75, 3.05) is 6.61 Å². The summed E-state index contributed by atoms with van der Waals surface area (Å²) in [6.45, 7) is -0.296. The van der Waals surface area contributed by atoms with E-state index in [2.05, 4.69) is 0 Å². The Labute approximate surface area is 163 Å². The van der Waals surface area contributed by atoms with E-state index in [-0.39, 0.29) is 18.2 Å². The summed E-state index contributed by atoms with van der Waals surface area (Å²) < 4.78 is 18.8. The first kappa shape index (κ1) is 18.4. The van der Waals surface area contributed by atoms with Gasteiger partial charge in [0.05, 0.1) is 5.41 Å². The third-order valence-corrected chi connectivity index (χ3v) is 5.67. The Morgan fingerprint density at radius 1 is 0.893 bits per heavy atom. The fourth-order valence-electron chi connectivity index (χ4n) is 4.17. The molecule has 0 radical (unpaired) electrons. The second-order valence-electron chi connectivity index (χ2n) is 7.32. The van der Waals surface area contributed by atoms with Crippen LogP contribution in [-0.4, -0.2) is 18.4 Å². The van der Waals surface area contributed by atoms with Crippen LogP contribution < -0.4 is 0 Å². The maximum Gasteiger partial charge on any atom is 0.317 e. The highest BCUT2D eigenvalue weighted by atomic mass is 19.1. The standard InChI is InChI=1S/C24H21FO3/c25-19-12-10-18(11-13-19)24(14-3-4-15-24)23(27)28-16-22(26)21-9-5-7-17-6-1-2-8-20(17)21/h1-2,5-13H,3-4,14-16H2. The zero-order valence-corrected chi connectivity index (χ0v) is 15.5. The van der Waals surface area contributed by atoms with Crippen molar-refractivity contribution in [1.29, 1.82) is 0 Å². The summed E-state index contributed by atoms with van der Waals surface area (Å²) in [7, 11) is 0. The monoisotopic (exact) mass is 376 g/mol. The molecule has 3 nitrogen and oxygen atoms in total. The lowest BCUT2D eigenvalue weighted by molar-refractivity contribution is -0.149. The van der Waals surface area contributed by atoms with Crippen LogP contribution in [0.5, 0.6) is 0 Å². The molecule has 1 aliphatic carbocycles. The number of Topliss-reactive ketones (excluding diaryl/α,β-unsaturated/α-hetero) is 1. The molecule has 0 atom stereocenters. The highest BCUT2D eigenvalue weighted by Crippen LogP contribution is 2.42.